The van der Waals surface area contributed by atoms with Crippen LogP contribution in [0.3, 0.4) is 0 Å². The Morgan fingerprint density at radius 1 is 1.38 bits per heavy atom. The second-order valence-corrected chi connectivity index (χ2v) is 6.00. The summed E-state index contributed by atoms with van der Waals surface area (Å²) in [5, 5.41) is 19.8. The summed E-state index contributed by atoms with van der Waals surface area (Å²) in [6, 6.07) is 3.46. The van der Waals surface area contributed by atoms with Gasteiger partial charge >= 0.3 is 5.97 Å². The summed E-state index contributed by atoms with van der Waals surface area (Å²) in [6.45, 7) is 1.58. The van der Waals surface area contributed by atoms with Gasteiger partial charge in [-0.15, -0.1) is 5.10 Å². The van der Waals surface area contributed by atoms with E-state index in [1.54, 1.807) is 17.8 Å². The average molecular weight is 332 g/mol. The minimum Gasteiger partial charge on any atom is -0.481 e. The van der Waals surface area contributed by atoms with Gasteiger partial charge in [-0.3, -0.25) is 9.59 Å². The van der Waals surface area contributed by atoms with Crippen molar-refractivity contribution in [1.82, 2.24) is 20.3 Å². The molecule has 7 nitrogen and oxygen atoms in total. The molecule has 1 saturated carbocycles. The standard InChI is InChI=1S/C16H17FN4O3/c1-9-6-10(2-3-12(9)17)15(22)19-13-7-11(16(23)24)8-14(13)21-5-4-18-20-21/h2-6,11,13-14H,7-8H2,1H3,(H,19,22)(H,23,24)/t11?,13-,14+/m1/s1. The minimum atomic E-state index is -0.894. The Labute approximate surface area is 137 Å². The number of rotatable bonds is 4. The third kappa shape index (κ3) is 3.12. The Kier molecular flexibility index (Phi) is 4.28. The number of carbonyl (C=O) groups excluding carboxylic acids is 1. The summed E-state index contributed by atoms with van der Waals surface area (Å²) in [6.07, 6.45) is 3.84. The molecule has 0 saturated heterocycles. The number of amides is 1. The van der Waals surface area contributed by atoms with Gasteiger partial charge in [0.1, 0.15) is 5.82 Å². The van der Waals surface area contributed by atoms with Crippen LogP contribution in [0.4, 0.5) is 4.39 Å². The number of benzene rings is 1. The van der Waals surface area contributed by atoms with Crippen molar-refractivity contribution in [2.24, 2.45) is 5.92 Å². The Morgan fingerprint density at radius 2 is 2.17 bits per heavy atom. The van der Waals surface area contributed by atoms with E-state index < -0.39 is 11.9 Å². The molecule has 0 radical (unpaired) electrons. The van der Waals surface area contributed by atoms with Gasteiger partial charge in [0.05, 0.1) is 24.2 Å². The molecule has 1 aliphatic rings. The highest BCUT2D eigenvalue weighted by atomic mass is 19.1. The first-order valence-corrected chi connectivity index (χ1v) is 7.61. The Hall–Kier alpha value is -2.77. The molecule has 0 aliphatic heterocycles. The van der Waals surface area contributed by atoms with E-state index in [4.69, 9.17) is 0 Å². The number of carboxylic acids is 1. The van der Waals surface area contributed by atoms with E-state index in [1.165, 1.54) is 24.4 Å². The van der Waals surface area contributed by atoms with Gasteiger partial charge in [-0.25, -0.2) is 9.07 Å². The van der Waals surface area contributed by atoms with Crippen LogP contribution in [0.2, 0.25) is 0 Å². The van der Waals surface area contributed by atoms with Crippen LogP contribution in [0, 0.1) is 18.7 Å². The summed E-state index contributed by atoms with van der Waals surface area (Å²) in [5.74, 6) is -2.19. The van der Waals surface area contributed by atoms with E-state index >= 15 is 0 Å². The van der Waals surface area contributed by atoms with Gasteiger partial charge in [0.25, 0.3) is 5.91 Å². The summed E-state index contributed by atoms with van der Waals surface area (Å²) in [5.41, 5.74) is 0.718. The molecule has 1 unspecified atom stereocenters. The van der Waals surface area contributed by atoms with Crippen LogP contribution in [0.15, 0.2) is 30.6 Å². The van der Waals surface area contributed by atoms with Crippen LogP contribution in [-0.2, 0) is 4.79 Å². The molecule has 3 rings (SSSR count). The summed E-state index contributed by atoms with van der Waals surface area (Å²) in [7, 11) is 0. The van der Waals surface area contributed by atoms with Gasteiger partial charge in [-0.1, -0.05) is 5.21 Å². The maximum atomic E-state index is 13.3. The second kappa shape index (κ2) is 6.38. The van der Waals surface area contributed by atoms with Crippen molar-refractivity contribution in [3.8, 4) is 0 Å². The third-order valence-corrected chi connectivity index (χ3v) is 4.40. The molecular weight excluding hydrogens is 315 g/mol. The number of aliphatic carboxylic acids is 1. The van der Waals surface area contributed by atoms with Gasteiger partial charge in [0, 0.05) is 11.8 Å². The topological polar surface area (TPSA) is 97.1 Å². The molecule has 0 bridgehead atoms. The number of hydrogen-bond acceptors (Lipinski definition) is 4. The van der Waals surface area contributed by atoms with Gasteiger partial charge in [-0.2, -0.15) is 0 Å². The zero-order valence-corrected chi connectivity index (χ0v) is 13.0. The molecule has 24 heavy (non-hydrogen) atoms. The molecule has 126 valence electrons. The number of carboxylic acid groups (broad SMARTS) is 1. The van der Waals surface area contributed by atoms with Crippen LogP contribution in [0.5, 0.6) is 0 Å². The Balaban J connectivity index is 1.79. The van der Waals surface area contributed by atoms with Crippen molar-refractivity contribution >= 4 is 11.9 Å². The smallest absolute Gasteiger partial charge is 0.306 e. The highest BCUT2D eigenvalue weighted by Gasteiger charge is 2.40. The lowest BCUT2D eigenvalue weighted by molar-refractivity contribution is -0.141. The van der Waals surface area contributed by atoms with Gasteiger partial charge in [0.15, 0.2) is 0 Å². The number of hydrogen-bond donors (Lipinski definition) is 2. The molecular formula is C16H17FN4O3. The first-order chi connectivity index (χ1) is 11.5. The highest BCUT2D eigenvalue weighted by molar-refractivity contribution is 5.94. The maximum Gasteiger partial charge on any atom is 0.306 e. The molecule has 1 heterocycles. The van der Waals surface area contributed by atoms with Crippen molar-refractivity contribution in [1.29, 1.82) is 0 Å². The first kappa shape index (κ1) is 16.1. The zero-order valence-electron chi connectivity index (χ0n) is 13.0. The lowest BCUT2D eigenvalue weighted by atomic mass is 10.1. The van der Waals surface area contributed by atoms with Gasteiger partial charge in [-0.05, 0) is 43.5 Å². The molecule has 1 aromatic carbocycles. The molecule has 2 N–H and O–H groups in total. The van der Waals surface area contributed by atoms with E-state index in [0.29, 0.717) is 24.0 Å². The third-order valence-electron chi connectivity index (χ3n) is 4.40. The second-order valence-electron chi connectivity index (χ2n) is 6.00. The number of aromatic nitrogens is 3. The number of carbonyl (C=O) groups is 2. The summed E-state index contributed by atoms with van der Waals surface area (Å²) < 4.78 is 14.9. The summed E-state index contributed by atoms with van der Waals surface area (Å²) in [4.78, 5) is 23.7. The van der Waals surface area contributed by atoms with Crippen LogP contribution in [0.25, 0.3) is 0 Å². The average Bonchev–Trinajstić information content (AvgIpc) is 3.18. The molecule has 1 fully saturated rings. The molecule has 3 atom stereocenters. The lowest BCUT2D eigenvalue weighted by Gasteiger charge is -2.20. The number of aryl methyl sites for hydroxylation is 1. The van der Waals surface area contributed by atoms with Crippen LogP contribution in [-0.4, -0.2) is 38.0 Å². The number of halogens is 1. The van der Waals surface area contributed by atoms with E-state index in [9.17, 15) is 19.1 Å². The fourth-order valence-electron chi connectivity index (χ4n) is 3.10. The van der Waals surface area contributed by atoms with E-state index in [0.717, 1.165) is 0 Å². The summed E-state index contributed by atoms with van der Waals surface area (Å²) >= 11 is 0. The van der Waals surface area contributed by atoms with Crippen molar-refractivity contribution in [3.63, 3.8) is 0 Å². The number of nitrogens with zero attached hydrogens (tertiary/aromatic N) is 3. The van der Waals surface area contributed by atoms with E-state index in [1.807, 2.05) is 0 Å². The van der Waals surface area contributed by atoms with Crippen molar-refractivity contribution in [2.75, 3.05) is 0 Å². The van der Waals surface area contributed by atoms with Crippen LogP contribution < -0.4 is 5.32 Å². The minimum absolute atomic E-state index is 0.279. The Morgan fingerprint density at radius 3 is 2.79 bits per heavy atom. The zero-order chi connectivity index (χ0) is 17.3. The van der Waals surface area contributed by atoms with Gasteiger partial charge < -0.3 is 10.4 Å². The molecule has 0 spiro atoms. The predicted octanol–water partition coefficient (Wildman–Crippen LogP) is 1.56. The molecule has 8 heteroatoms. The Bertz CT molecular complexity index is 763. The van der Waals surface area contributed by atoms with Crippen molar-refractivity contribution in [2.45, 2.75) is 31.8 Å². The molecule has 1 aliphatic carbocycles. The fraction of sp³-hybridized carbons (Fsp3) is 0.375. The molecule has 2 aromatic rings. The largest absolute Gasteiger partial charge is 0.481 e. The first-order valence-electron chi connectivity index (χ1n) is 7.61. The van der Waals surface area contributed by atoms with E-state index in [-0.39, 0.29) is 23.8 Å². The van der Waals surface area contributed by atoms with Crippen molar-refractivity contribution < 1.29 is 19.1 Å². The van der Waals surface area contributed by atoms with E-state index in [2.05, 4.69) is 15.6 Å². The molecule has 1 amide bonds. The fourth-order valence-corrected chi connectivity index (χ4v) is 3.10. The lowest BCUT2D eigenvalue weighted by Crippen LogP contribution is -2.38. The maximum absolute atomic E-state index is 13.3. The van der Waals surface area contributed by atoms with Crippen molar-refractivity contribution in [3.05, 3.63) is 47.5 Å². The molecule has 1 aromatic heterocycles. The normalized spacial score (nSPS) is 23.2. The number of nitrogens with one attached hydrogen (secondary N) is 1. The van der Waals surface area contributed by atoms with Crippen LogP contribution >= 0.6 is 0 Å². The SMILES string of the molecule is Cc1cc(C(=O)N[C@@H]2CC(C(=O)O)C[C@@H]2n2ccnn2)ccc1F. The van der Waals surface area contributed by atoms with Crippen LogP contribution in [0.1, 0.15) is 34.8 Å². The monoisotopic (exact) mass is 332 g/mol. The quantitative estimate of drug-likeness (QED) is 0.885. The highest BCUT2D eigenvalue weighted by Crippen LogP contribution is 2.34. The predicted molar refractivity (Wildman–Crippen MR) is 81.8 cm³/mol. The van der Waals surface area contributed by atoms with Gasteiger partial charge in [0.2, 0.25) is 0 Å².